The molecule has 0 saturated carbocycles. The van der Waals surface area contributed by atoms with Crippen LogP contribution in [-0.4, -0.2) is 55.3 Å². The fourth-order valence-corrected chi connectivity index (χ4v) is 3.05. The Kier molecular flexibility index (Phi) is 5.65. The molecule has 3 rings (SSSR count). The zero-order chi connectivity index (χ0) is 17.6. The lowest BCUT2D eigenvalue weighted by molar-refractivity contribution is -0.135. The van der Waals surface area contributed by atoms with Crippen LogP contribution in [0.4, 0.5) is 5.69 Å². The molecule has 0 bridgehead atoms. The zero-order valence-electron chi connectivity index (χ0n) is 14.5. The van der Waals surface area contributed by atoms with Crippen LogP contribution in [0.1, 0.15) is 25.3 Å². The van der Waals surface area contributed by atoms with Crippen molar-refractivity contribution in [2.75, 3.05) is 38.2 Å². The van der Waals surface area contributed by atoms with Gasteiger partial charge in [0.2, 0.25) is 11.8 Å². The van der Waals surface area contributed by atoms with Crippen LogP contribution in [0.5, 0.6) is 0 Å². The number of hydrogen-bond acceptors (Lipinski definition) is 5. The van der Waals surface area contributed by atoms with E-state index in [2.05, 4.69) is 15.8 Å². The van der Waals surface area contributed by atoms with Crippen LogP contribution in [0.15, 0.2) is 29.4 Å². The summed E-state index contributed by atoms with van der Waals surface area (Å²) < 4.78 is 5.26. The predicted molar refractivity (Wildman–Crippen MR) is 95.4 cm³/mol. The molecule has 2 amide bonds. The number of anilines is 1. The van der Waals surface area contributed by atoms with Gasteiger partial charge in [-0.2, -0.15) is 5.10 Å². The third-order valence-corrected chi connectivity index (χ3v) is 4.47. The number of nitrogens with zero attached hydrogens (tertiary/aromatic N) is 2. The van der Waals surface area contributed by atoms with Gasteiger partial charge in [-0.05, 0) is 17.7 Å². The third-order valence-electron chi connectivity index (χ3n) is 4.47. The van der Waals surface area contributed by atoms with E-state index in [1.807, 2.05) is 36.1 Å². The normalized spacial score (nSPS) is 20.7. The van der Waals surface area contributed by atoms with Gasteiger partial charge in [0.25, 0.3) is 0 Å². The van der Waals surface area contributed by atoms with Gasteiger partial charge in [0.1, 0.15) is 0 Å². The van der Waals surface area contributed by atoms with Gasteiger partial charge in [0.05, 0.1) is 18.9 Å². The average Bonchev–Trinajstić information content (AvgIpc) is 2.63. The average molecular weight is 344 g/mol. The smallest absolute Gasteiger partial charge is 0.240 e. The lowest BCUT2D eigenvalue weighted by atomic mass is 9.94. The van der Waals surface area contributed by atoms with Crippen molar-refractivity contribution >= 4 is 23.2 Å². The van der Waals surface area contributed by atoms with Crippen molar-refractivity contribution in [1.82, 2.24) is 10.3 Å². The highest BCUT2D eigenvalue weighted by atomic mass is 16.5. The van der Waals surface area contributed by atoms with E-state index in [1.165, 1.54) is 0 Å². The minimum Gasteiger partial charge on any atom is -0.385 e. The molecule has 0 radical (unpaired) electrons. The van der Waals surface area contributed by atoms with Crippen molar-refractivity contribution in [2.45, 2.75) is 19.8 Å². The topological polar surface area (TPSA) is 83.0 Å². The summed E-state index contributed by atoms with van der Waals surface area (Å²) >= 11 is 0. The standard InChI is InChI=1S/C18H24N4O3/c1-13-12-16(23)20-21-18(13)14-2-4-15(5-3-14)19-7-6-17(24)22-8-10-25-11-9-22/h2-5,13,19H,6-12H2,1H3,(H,20,23). The van der Waals surface area contributed by atoms with Gasteiger partial charge in [-0.25, -0.2) is 5.43 Å². The van der Waals surface area contributed by atoms with Gasteiger partial charge < -0.3 is 15.0 Å². The third kappa shape index (κ3) is 4.57. The first kappa shape index (κ1) is 17.4. The van der Waals surface area contributed by atoms with E-state index in [4.69, 9.17) is 4.74 Å². The van der Waals surface area contributed by atoms with Crippen LogP contribution in [-0.2, 0) is 14.3 Å². The second-order valence-corrected chi connectivity index (χ2v) is 6.38. The van der Waals surface area contributed by atoms with Gasteiger partial charge in [-0.15, -0.1) is 0 Å². The number of nitrogens with one attached hydrogen (secondary N) is 2. The Morgan fingerprint density at radius 3 is 2.72 bits per heavy atom. The van der Waals surface area contributed by atoms with Crippen LogP contribution in [0, 0.1) is 5.92 Å². The van der Waals surface area contributed by atoms with Crippen molar-refractivity contribution in [3.8, 4) is 0 Å². The number of amides is 2. The summed E-state index contributed by atoms with van der Waals surface area (Å²) in [7, 11) is 0. The number of hydrazone groups is 1. The molecule has 1 atom stereocenters. The summed E-state index contributed by atoms with van der Waals surface area (Å²) in [5, 5.41) is 7.44. The Hall–Kier alpha value is -2.41. The summed E-state index contributed by atoms with van der Waals surface area (Å²) in [4.78, 5) is 25.3. The summed E-state index contributed by atoms with van der Waals surface area (Å²) in [6.45, 7) is 5.23. The second kappa shape index (κ2) is 8.11. The van der Waals surface area contributed by atoms with E-state index in [0.29, 0.717) is 45.7 Å². The number of hydrogen-bond donors (Lipinski definition) is 2. The van der Waals surface area contributed by atoms with Gasteiger partial charge in [-0.3, -0.25) is 9.59 Å². The number of rotatable bonds is 5. The minimum absolute atomic E-state index is 0.0422. The molecule has 2 heterocycles. The van der Waals surface area contributed by atoms with Crippen LogP contribution in [0.2, 0.25) is 0 Å². The highest BCUT2D eigenvalue weighted by Gasteiger charge is 2.21. The fraction of sp³-hybridized carbons (Fsp3) is 0.500. The minimum atomic E-state index is -0.0422. The highest BCUT2D eigenvalue weighted by Crippen LogP contribution is 2.18. The molecule has 134 valence electrons. The molecular weight excluding hydrogens is 320 g/mol. The van der Waals surface area contributed by atoms with E-state index < -0.39 is 0 Å². The predicted octanol–water partition coefficient (Wildman–Crippen LogP) is 1.21. The van der Waals surface area contributed by atoms with E-state index in [-0.39, 0.29) is 17.7 Å². The molecule has 1 fully saturated rings. The van der Waals surface area contributed by atoms with Crippen molar-refractivity contribution in [2.24, 2.45) is 11.0 Å². The van der Waals surface area contributed by atoms with Crippen molar-refractivity contribution < 1.29 is 14.3 Å². The Labute approximate surface area is 147 Å². The number of benzene rings is 1. The first-order valence-electron chi connectivity index (χ1n) is 8.70. The molecule has 2 aliphatic rings. The molecule has 1 unspecified atom stereocenters. The van der Waals surface area contributed by atoms with Gasteiger partial charge in [-0.1, -0.05) is 19.1 Å². The molecule has 0 spiro atoms. The van der Waals surface area contributed by atoms with E-state index in [9.17, 15) is 9.59 Å². The lowest BCUT2D eigenvalue weighted by Crippen LogP contribution is -2.41. The highest BCUT2D eigenvalue weighted by molar-refractivity contribution is 6.05. The quantitative estimate of drug-likeness (QED) is 0.841. The molecule has 0 aromatic heterocycles. The molecule has 1 saturated heterocycles. The Morgan fingerprint density at radius 1 is 1.32 bits per heavy atom. The van der Waals surface area contributed by atoms with Gasteiger partial charge >= 0.3 is 0 Å². The molecule has 25 heavy (non-hydrogen) atoms. The molecule has 1 aromatic carbocycles. The molecule has 7 heteroatoms. The molecule has 1 aromatic rings. The molecule has 2 aliphatic heterocycles. The summed E-state index contributed by atoms with van der Waals surface area (Å²) in [5.74, 6) is 0.228. The maximum Gasteiger partial charge on any atom is 0.240 e. The zero-order valence-corrected chi connectivity index (χ0v) is 14.5. The van der Waals surface area contributed by atoms with E-state index in [1.54, 1.807) is 0 Å². The second-order valence-electron chi connectivity index (χ2n) is 6.38. The van der Waals surface area contributed by atoms with Crippen molar-refractivity contribution in [1.29, 1.82) is 0 Å². The van der Waals surface area contributed by atoms with Crippen LogP contribution in [0.3, 0.4) is 0 Å². The molecule has 7 nitrogen and oxygen atoms in total. The Balaban J connectivity index is 1.49. The fourth-order valence-electron chi connectivity index (χ4n) is 3.05. The van der Waals surface area contributed by atoms with Gasteiger partial charge in [0, 0.05) is 44.1 Å². The first-order chi connectivity index (χ1) is 12.1. The summed E-state index contributed by atoms with van der Waals surface area (Å²) in [6, 6.07) is 7.91. The number of carbonyl (C=O) groups is 2. The van der Waals surface area contributed by atoms with Crippen molar-refractivity contribution in [3.63, 3.8) is 0 Å². The number of carbonyl (C=O) groups excluding carboxylic acids is 2. The van der Waals surface area contributed by atoms with Crippen molar-refractivity contribution in [3.05, 3.63) is 29.8 Å². The molecule has 2 N–H and O–H groups in total. The Bertz CT molecular complexity index is 651. The van der Waals surface area contributed by atoms with Gasteiger partial charge in [0.15, 0.2) is 0 Å². The van der Waals surface area contributed by atoms with E-state index >= 15 is 0 Å². The number of ether oxygens (including phenoxy) is 1. The molecular formula is C18H24N4O3. The van der Waals surface area contributed by atoms with E-state index in [0.717, 1.165) is 17.0 Å². The first-order valence-corrected chi connectivity index (χ1v) is 8.70. The van der Waals surface area contributed by atoms with Crippen LogP contribution in [0.25, 0.3) is 0 Å². The maximum atomic E-state index is 12.1. The molecule has 0 aliphatic carbocycles. The number of morpholine rings is 1. The maximum absolute atomic E-state index is 12.1. The summed E-state index contributed by atoms with van der Waals surface area (Å²) in [5.41, 5.74) is 5.40. The monoisotopic (exact) mass is 344 g/mol. The summed E-state index contributed by atoms with van der Waals surface area (Å²) in [6.07, 6.45) is 0.931. The van der Waals surface area contributed by atoms with Crippen LogP contribution < -0.4 is 10.7 Å². The SMILES string of the molecule is CC1CC(=O)NN=C1c1ccc(NCCC(=O)N2CCOCC2)cc1. The Morgan fingerprint density at radius 2 is 2.04 bits per heavy atom. The van der Waals surface area contributed by atoms with Crippen LogP contribution >= 0.6 is 0 Å². The lowest BCUT2D eigenvalue weighted by Gasteiger charge is -2.26. The largest absolute Gasteiger partial charge is 0.385 e.